The molecular weight excluding hydrogens is 274 g/mol. The Morgan fingerprint density at radius 1 is 0.955 bits per heavy atom. The van der Waals surface area contributed by atoms with Gasteiger partial charge in [0.2, 0.25) is 6.79 Å². The number of ether oxygens (including phenoxy) is 2. The van der Waals surface area contributed by atoms with Crippen molar-refractivity contribution < 1.29 is 9.47 Å². The molecule has 110 valence electrons. The summed E-state index contributed by atoms with van der Waals surface area (Å²) in [5, 5.41) is 0. The summed E-state index contributed by atoms with van der Waals surface area (Å²) in [6.07, 6.45) is 2.11. The third-order valence-electron chi connectivity index (χ3n) is 3.97. The van der Waals surface area contributed by atoms with Crippen LogP contribution in [0.4, 0.5) is 0 Å². The van der Waals surface area contributed by atoms with Crippen LogP contribution in [0, 0.1) is 6.92 Å². The van der Waals surface area contributed by atoms with Gasteiger partial charge in [0, 0.05) is 18.4 Å². The molecule has 0 bridgehead atoms. The lowest BCUT2D eigenvalue weighted by Crippen LogP contribution is -2.00. The summed E-state index contributed by atoms with van der Waals surface area (Å²) >= 11 is 0. The van der Waals surface area contributed by atoms with E-state index in [1.165, 1.54) is 22.4 Å². The summed E-state index contributed by atoms with van der Waals surface area (Å²) in [6.45, 7) is 3.24. The Kier molecular flexibility index (Phi) is 3.11. The SMILES string of the molecule is Cc1ccc(-c2cccn2Cc2ccc3c(c2)OCO3)cc1. The van der Waals surface area contributed by atoms with E-state index in [-0.39, 0.29) is 0 Å². The van der Waals surface area contributed by atoms with Crippen LogP contribution in [0.15, 0.2) is 60.8 Å². The second kappa shape index (κ2) is 5.26. The minimum absolute atomic E-state index is 0.316. The second-order valence-electron chi connectivity index (χ2n) is 5.57. The molecule has 2 aromatic carbocycles. The van der Waals surface area contributed by atoms with Crippen molar-refractivity contribution in [2.75, 3.05) is 6.79 Å². The minimum atomic E-state index is 0.316. The maximum absolute atomic E-state index is 5.45. The van der Waals surface area contributed by atoms with Crippen molar-refractivity contribution in [3.63, 3.8) is 0 Å². The highest BCUT2D eigenvalue weighted by molar-refractivity contribution is 5.60. The molecule has 0 atom stereocenters. The van der Waals surface area contributed by atoms with Crippen LogP contribution in [0.2, 0.25) is 0 Å². The van der Waals surface area contributed by atoms with Crippen molar-refractivity contribution >= 4 is 0 Å². The molecule has 0 amide bonds. The van der Waals surface area contributed by atoms with Gasteiger partial charge in [-0.15, -0.1) is 0 Å². The zero-order valence-electron chi connectivity index (χ0n) is 12.5. The number of benzene rings is 2. The molecule has 0 saturated carbocycles. The lowest BCUT2D eigenvalue weighted by Gasteiger charge is -2.10. The van der Waals surface area contributed by atoms with Gasteiger partial charge in [0.15, 0.2) is 11.5 Å². The number of aryl methyl sites for hydroxylation is 1. The van der Waals surface area contributed by atoms with Gasteiger partial charge in [-0.2, -0.15) is 0 Å². The number of fused-ring (bicyclic) bond motifs is 1. The van der Waals surface area contributed by atoms with Gasteiger partial charge >= 0.3 is 0 Å². The van der Waals surface area contributed by atoms with Crippen molar-refractivity contribution in [1.29, 1.82) is 0 Å². The van der Waals surface area contributed by atoms with E-state index in [1.807, 2.05) is 6.07 Å². The molecule has 0 radical (unpaired) electrons. The van der Waals surface area contributed by atoms with E-state index in [0.717, 1.165) is 18.0 Å². The summed E-state index contributed by atoms with van der Waals surface area (Å²) in [6, 6.07) is 19.0. The summed E-state index contributed by atoms with van der Waals surface area (Å²) in [4.78, 5) is 0. The fourth-order valence-corrected chi connectivity index (χ4v) is 2.77. The molecule has 2 heterocycles. The fourth-order valence-electron chi connectivity index (χ4n) is 2.77. The highest BCUT2D eigenvalue weighted by Gasteiger charge is 2.13. The minimum Gasteiger partial charge on any atom is -0.454 e. The van der Waals surface area contributed by atoms with Crippen LogP contribution in [0.3, 0.4) is 0 Å². The van der Waals surface area contributed by atoms with Gasteiger partial charge in [0.25, 0.3) is 0 Å². The molecule has 0 N–H and O–H groups in total. The van der Waals surface area contributed by atoms with Crippen molar-refractivity contribution in [3.8, 4) is 22.8 Å². The molecule has 3 aromatic rings. The molecule has 0 unspecified atom stereocenters. The maximum atomic E-state index is 5.45. The molecule has 3 heteroatoms. The van der Waals surface area contributed by atoms with Crippen LogP contribution in [0.5, 0.6) is 11.5 Å². The fraction of sp³-hybridized carbons (Fsp3) is 0.158. The Bertz CT molecular complexity index is 803. The Labute approximate surface area is 129 Å². The van der Waals surface area contributed by atoms with Gasteiger partial charge in [0.05, 0.1) is 0 Å². The lowest BCUT2D eigenvalue weighted by molar-refractivity contribution is 0.174. The molecule has 1 aromatic heterocycles. The molecule has 4 rings (SSSR count). The Hall–Kier alpha value is -2.68. The van der Waals surface area contributed by atoms with E-state index < -0.39 is 0 Å². The Balaban J connectivity index is 1.64. The first-order valence-corrected chi connectivity index (χ1v) is 7.40. The molecule has 1 aliphatic rings. The number of nitrogens with zero attached hydrogens (tertiary/aromatic N) is 1. The quantitative estimate of drug-likeness (QED) is 0.720. The first-order chi connectivity index (χ1) is 10.8. The number of aromatic nitrogens is 1. The number of hydrogen-bond donors (Lipinski definition) is 0. The third-order valence-corrected chi connectivity index (χ3v) is 3.97. The standard InChI is InChI=1S/C19H17NO2/c1-14-4-7-16(8-5-14)17-3-2-10-20(17)12-15-6-9-18-19(11-15)22-13-21-18/h2-11H,12-13H2,1H3. The normalized spacial score (nSPS) is 12.6. The molecule has 0 saturated heterocycles. The van der Waals surface area contributed by atoms with Gasteiger partial charge in [-0.05, 0) is 42.3 Å². The van der Waals surface area contributed by atoms with E-state index in [0.29, 0.717) is 6.79 Å². The first kappa shape index (κ1) is 13.0. The Morgan fingerprint density at radius 3 is 2.64 bits per heavy atom. The van der Waals surface area contributed by atoms with E-state index in [2.05, 4.69) is 66.2 Å². The average Bonchev–Trinajstić information content (AvgIpc) is 3.17. The van der Waals surface area contributed by atoms with Crippen molar-refractivity contribution in [1.82, 2.24) is 4.57 Å². The van der Waals surface area contributed by atoms with Gasteiger partial charge in [-0.3, -0.25) is 0 Å². The van der Waals surface area contributed by atoms with Crippen LogP contribution in [0.1, 0.15) is 11.1 Å². The van der Waals surface area contributed by atoms with Gasteiger partial charge in [-0.1, -0.05) is 35.9 Å². The molecule has 0 spiro atoms. The van der Waals surface area contributed by atoms with Crippen LogP contribution in [-0.2, 0) is 6.54 Å². The largest absolute Gasteiger partial charge is 0.454 e. The molecule has 1 aliphatic heterocycles. The highest BCUT2D eigenvalue weighted by atomic mass is 16.7. The molecular formula is C19H17NO2. The topological polar surface area (TPSA) is 23.4 Å². The van der Waals surface area contributed by atoms with E-state index in [4.69, 9.17) is 9.47 Å². The summed E-state index contributed by atoms with van der Waals surface area (Å²) in [7, 11) is 0. The zero-order valence-corrected chi connectivity index (χ0v) is 12.5. The first-order valence-electron chi connectivity index (χ1n) is 7.40. The van der Waals surface area contributed by atoms with Crippen molar-refractivity contribution in [2.24, 2.45) is 0 Å². The predicted molar refractivity (Wildman–Crippen MR) is 86.3 cm³/mol. The van der Waals surface area contributed by atoms with Gasteiger partial charge in [-0.25, -0.2) is 0 Å². The van der Waals surface area contributed by atoms with Crippen LogP contribution in [-0.4, -0.2) is 11.4 Å². The van der Waals surface area contributed by atoms with E-state index in [9.17, 15) is 0 Å². The summed E-state index contributed by atoms with van der Waals surface area (Å²) < 4.78 is 13.1. The average molecular weight is 291 g/mol. The molecule has 0 fully saturated rings. The summed E-state index contributed by atoms with van der Waals surface area (Å²) in [5.74, 6) is 1.66. The van der Waals surface area contributed by atoms with Crippen LogP contribution in [0.25, 0.3) is 11.3 Å². The molecule has 22 heavy (non-hydrogen) atoms. The second-order valence-corrected chi connectivity index (χ2v) is 5.57. The van der Waals surface area contributed by atoms with E-state index >= 15 is 0 Å². The van der Waals surface area contributed by atoms with E-state index in [1.54, 1.807) is 0 Å². The Morgan fingerprint density at radius 2 is 1.77 bits per heavy atom. The number of rotatable bonds is 3. The monoisotopic (exact) mass is 291 g/mol. The van der Waals surface area contributed by atoms with Crippen LogP contribution >= 0.6 is 0 Å². The molecule has 3 nitrogen and oxygen atoms in total. The zero-order chi connectivity index (χ0) is 14.9. The predicted octanol–water partition coefficient (Wildman–Crippen LogP) is 4.24. The highest BCUT2D eigenvalue weighted by Crippen LogP contribution is 2.33. The van der Waals surface area contributed by atoms with Crippen LogP contribution < -0.4 is 9.47 Å². The van der Waals surface area contributed by atoms with Gasteiger partial charge in [0.1, 0.15) is 0 Å². The summed E-state index contributed by atoms with van der Waals surface area (Å²) in [5.41, 5.74) is 4.93. The van der Waals surface area contributed by atoms with Gasteiger partial charge < -0.3 is 14.0 Å². The van der Waals surface area contributed by atoms with Crippen molar-refractivity contribution in [2.45, 2.75) is 13.5 Å². The smallest absolute Gasteiger partial charge is 0.231 e. The third kappa shape index (κ3) is 2.35. The maximum Gasteiger partial charge on any atom is 0.231 e. The number of hydrogen-bond acceptors (Lipinski definition) is 2. The lowest BCUT2D eigenvalue weighted by atomic mass is 10.1. The van der Waals surface area contributed by atoms with Crippen molar-refractivity contribution in [3.05, 3.63) is 71.9 Å². The molecule has 0 aliphatic carbocycles.